The third-order valence-electron chi connectivity index (χ3n) is 8.81. The van der Waals surface area contributed by atoms with Gasteiger partial charge in [0.25, 0.3) is 0 Å². The van der Waals surface area contributed by atoms with E-state index in [1.165, 1.54) is 32.8 Å². The van der Waals surface area contributed by atoms with Crippen LogP contribution in [0.1, 0.15) is 17.7 Å². The molecule has 0 radical (unpaired) electrons. The standard InChI is InChI=1S/C40H28N4/c1-4-14-27(15-5-1)34-26-35(28-16-6-2-7-17-28)42-40(41-34)44-37-23-13-11-21-31(37)33-25-24-32-30-20-10-12-22-36(30)43(38(32)39(33)44)29-18-8-3-9-19-29/h1-10,12-20,22-26H,11,21H2. The van der Waals surface area contributed by atoms with Gasteiger partial charge < -0.3 is 4.57 Å². The molecule has 0 saturated carbocycles. The fraction of sp³-hybridized carbons (Fsp3) is 0.0500. The van der Waals surface area contributed by atoms with Gasteiger partial charge in [0.2, 0.25) is 5.95 Å². The monoisotopic (exact) mass is 564 g/mol. The smallest absolute Gasteiger partial charge is 0.235 e. The van der Waals surface area contributed by atoms with Gasteiger partial charge in [-0.15, -0.1) is 0 Å². The largest absolute Gasteiger partial charge is 0.307 e. The molecule has 4 heteroatoms. The van der Waals surface area contributed by atoms with E-state index in [-0.39, 0.29) is 0 Å². The summed E-state index contributed by atoms with van der Waals surface area (Å²) in [6, 6.07) is 47.0. The predicted octanol–water partition coefficient (Wildman–Crippen LogP) is 9.81. The molecule has 0 amide bonds. The van der Waals surface area contributed by atoms with Crippen LogP contribution in [-0.4, -0.2) is 19.1 Å². The molecule has 1 aliphatic carbocycles. The van der Waals surface area contributed by atoms with Crippen molar-refractivity contribution in [3.8, 4) is 34.2 Å². The fourth-order valence-electron chi connectivity index (χ4n) is 6.87. The van der Waals surface area contributed by atoms with Crippen molar-refractivity contribution in [3.63, 3.8) is 0 Å². The zero-order valence-corrected chi connectivity index (χ0v) is 24.1. The van der Waals surface area contributed by atoms with Crippen LogP contribution in [0.2, 0.25) is 0 Å². The quantitative estimate of drug-likeness (QED) is 0.213. The average Bonchev–Trinajstić information content (AvgIpc) is 3.62. The van der Waals surface area contributed by atoms with Crippen LogP contribution in [0, 0.1) is 0 Å². The Bertz CT molecular complexity index is 2300. The third-order valence-corrected chi connectivity index (χ3v) is 8.81. The first-order valence-corrected chi connectivity index (χ1v) is 15.2. The molecule has 0 saturated heterocycles. The van der Waals surface area contributed by atoms with Crippen molar-refractivity contribution >= 4 is 38.8 Å². The zero-order chi connectivity index (χ0) is 29.0. The Morgan fingerprint density at radius 2 is 1.11 bits per heavy atom. The average molecular weight is 565 g/mol. The third kappa shape index (κ3) is 3.78. The highest BCUT2D eigenvalue weighted by atomic mass is 15.2. The summed E-state index contributed by atoms with van der Waals surface area (Å²) < 4.78 is 4.73. The summed E-state index contributed by atoms with van der Waals surface area (Å²) in [5.41, 5.74) is 11.1. The van der Waals surface area contributed by atoms with Crippen LogP contribution in [0.3, 0.4) is 0 Å². The van der Waals surface area contributed by atoms with E-state index in [9.17, 15) is 0 Å². The summed E-state index contributed by atoms with van der Waals surface area (Å²) in [5, 5.41) is 3.71. The normalized spacial score (nSPS) is 12.7. The van der Waals surface area contributed by atoms with Crippen molar-refractivity contribution in [1.29, 1.82) is 0 Å². The van der Waals surface area contributed by atoms with Crippen molar-refractivity contribution in [1.82, 2.24) is 19.1 Å². The van der Waals surface area contributed by atoms with Gasteiger partial charge in [-0.25, -0.2) is 9.97 Å². The first-order valence-electron chi connectivity index (χ1n) is 15.2. The van der Waals surface area contributed by atoms with Crippen molar-refractivity contribution in [2.45, 2.75) is 12.8 Å². The molecule has 3 heterocycles. The summed E-state index contributed by atoms with van der Waals surface area (Å²) in [5.74, 6) is 0.681. The second-order valence-corrected chi connectivity index (χ2v) is 11.4. The highest BCUT2D eigenvalue weighted by Gasteiger charge is 2.26. The Kier molecular flexibility index (Phi) is 5.60. The maximum absolute atomic E-state index is 5.30. The summed E-state index contributed by atoms with van der Waals surface area (Å²) in [4.78, 5) is 10.6. The minimum Gasteiger partial charge on any atom is -0.307 e. The number of nitrogens with zero attached hydrogens (tertiary/aromatic N) is 4. The van der Waals surface area contributed by atoms with E-state index in [0.717, 1.165) is 52.3 Å². The minimum absolute atomic E-state index is 0.681. The molecule has 44 heavy (non-hydrogen) atoms. The van der Waals surface area contributed by atoms with Gasteiger partial charge in [-0.05, 0) is 48.7 Å². The second kappa shape index (κ2) is 9.92. The molecular formula is C40H28N4. The predicted molar refractivity (Wildman–Crippen MR) is 181 cm³/mol. The summed E-state index contributed by atoms with van der Waals surface area (Å²) in [6.07, 6.45) is 6.55. The highest BCUT2D eigenvalue weighted by Crippen LogP contribution is 2.42. The lowest BCUT2D eigenvalue weighted by Crippen LogP contribution is -2.07. The number of aromatic nitrogens is 4. The number of rotatable bonds is 4. The molecule has 5 aromatic carbocycles. The van der Waals surface area contributed by atoms with Gasteiger partial charge in [0.15, 0.2) is 0 Å². The molecule has 0 aliphatic heterocycles. The van der Waals surface area contributed by atoms with Gasteiger partial charge in [-0.3, -0.25) is 4.57 Å². The van der Waals surface area contributed by atoms with E-state index in [1.807, 2.05) is 12.1 Å². The van der Waals surface area contributed by atoms with Crippen LogP contribution in [-0.2, 0) is 6.42 Å². The summed E-state index contributed by atoms with van der Waals surface area (Å²) in [7, 11) is 0. The Morgan fingerprint density at radius 3 is 1.82 bits per heavy atom. The molecule has 0 spiro atoms. The van der Waals surface area contributed by atoms with Crippen LogP contribution in [0.25, 0.3) is 72.9 Å². The number of hydrogen-bond acceptors (Lipinski definition) is 2. The van der Waals surface area contributed by atoms with Crippen LogP contribution in [0.15, 0.2) is 140 Å². The first kappa shape index (κ1) is 24.8. The maximum atomic E-state index is 5.30. The number of aryl methyl sites for hydroxylation is 1. The summed E-state index contributed by atoms with van der Waals surface area (Å²) >= 11 is 0. The van der Waals surface area contributed by atoms with Crippen molar-refractivity contribution < 1.29 is 0 Å². The molecule has 0 bridgehead atoms. The molecule has 0 N–H and O–H groups in total. The number of hydrogen-bond donors (Lipinski definition) is 0. The molecule has 4 nitrogen and oxygen atoms in total. The molecular weight excluding hydrogens is 536 g/mol. The number of para-hydroxylation sites is 2. The number of fused-ring (bicyclic) bond motifs is 7. The fourth-order valence-corrected chi connectivity index (χ4v) is 6.87. The molecule has 208 valence electrons. The van der Waals surface area contributed by atoms with Crippen molar-refractivity contribution in [2.75, 3.05) is 0 Å². The SMILES string of the molecule is C1=Cc2c(c3ccc4c5ccccc5n(-c5ccccc5)c4c3n2-c2nc(-c3ccccc3)cc(-c3ccccc3)n2)CC1. The molecule has 8 aromatic rings. The van der Waals surface area contributed by atoms with E-state index >= 15 is 0 Å². The van der Waals surface area contributed by atoms with Gasteiger partial charge in [0.1, 0.15) is 0 Å². The topological polar surface area (TPSA) is 35.6 Å². The van der Waals surface area contributed by atoms with Gasteiger partial charge >= 0.3 is 0 Å². The minimum atomic E-state index is 0.681. The second-order valence-electron chi connectivity index (χ2n) is 11.4. The van der Waals surface area contributed by atoms with E-state index in [2.05, 4.69) is 143 Å². The summed E-state index contributed by atoms with van der Waals surface area (Å²) in [6.45, 7) is 0. The Morgan fingerprint density at radius 1 is 0.523 bits per heavy atom. The maximum Gasteiger partial charge on any atom is 0.235 e. The number of benzene rings is 5. The van der Waals surface area contributed by atoms with Crippen molar-refractivity contribution in [3.05, 3.63) is 151 Å². The van der Waals surface area contributed by atoms with E-state index in [4.69, 9.17) is 9.97 Å². The van der Waals surface area contributed by atoms with Crippen LogP contribution in [0.4, 0.5) is 0 Å². The molecule has 1 aliphatic rings. The molecule has 3 aromatic heterocycles. The van der Waals surface area contributed by atoms with Gasteiger partial charge in [0, 0.05) is 33.0 Å². The Balaban J connectivity index is 1.46. The molecule has 9 rings (SSSR count). The van der Waals surface area contributed by atoms with Crippen LogP contribution >= 0.6 is 0 Å². The van der Waals surface area contributed by atoms with Crippen LogP contribution in [0.5, 0.6) is 0 Å². The lowest BCUT2D eigenvalue weighted by molar-refractivity contribution is 0.921. The molecule has 0 unspecified atom stereocenters. The van der Waals surface area contributed by atoms with Crippen molar-refractivity contribution in [2.24, 2.45) is 0 Å². The van der Waals surface area contributed by atoms with Gasteiger partial charge in [-0.1, -0.05) is 115 Å². The van der Waals surface area contributed by atoms with E-state index in [1.54, 1.807) is 0 Å². The van der Waals surface area contributed by atoms with E-state index < -0.39 is 0 Å². The number of allylic oxidation sites excluding steroid dienone is 1. The van der Waals surface area contributed by atoms with Gasteiger partial charge in [0.05, 0.1) is 33.6 Å². The lowest BCUT2D eigenvalue weighted by Gasteiger charge is -2.15. The van der Waals surface area contributed by atoms with E-state index in [0.29, 0.717) is 5.95 Å². The Hall–Kier alpha value is -5.74. The van der Waals surface area contributed by atoms with Crippen LogP contribution < -0.4 is 0 Å². The molecule has 0 atom stereocenters. The lowest BCUT2D eigenvalue weighted by atomic mass is 10.00. The molecule has 0 fully saturated rings. The first-order chi connectivity index (χ1) is 21.8. The van der Waals surface area contributed by atoms with Gasteiger partial charge in [-0.2, -0.15) is 0 Å². The highest BCUT2D eigenvalue weighted by molar-refractivity contribution is 6.19. The zero-order valence-electron chi connectivity index (χ0n) is 24.1. The Labute approximate surface area is 255 Å².